The van der Waals surface area contributed by atoms with Crippen molar-refractivity contribution in [2.75, 3.05) is 0 Å². The fraction of sp³-hybridized carbons (Fsp3) is 0.455. The molecule has 1 heteroatoms. The molecule has 0 nitrogen and oxygen atoms in total. The van der Waals surface area contributed by atoms with Gasteiger partial charge in [0.2, 0.25) is 0 Å². The monoisotopic (exact) mass is 422 g/mol. The van der Waals surface area contributed by atoms with E-state index in [1.165, 1.54) is 0 Å². The first-order chi connectivity index (χ1) is 13.6. The van der Waals surface area contributed by atoms with Gasteiger partial charge < -0.3 is 0 Å². The van der Waals surface area contributed by atoms with E-state index in [9.17, 15) is 0 Å². The van der Waals surface area contributed by atoms with Crippen molar-refractivity contribution in [3.63, 3.8) is 0 Å². The second kappa shape index (κ2) is 8.91. The Balaban J connectivity index is 2.89. The predicted molar refractivity (Wildman–Crippen MR) is 107 cm³/mol. The Morgan fingerprint density at radius 2 is 1.17 bits per heavy atom. The normalized spacial score (nSPS) is 16.6. The SMILES string of the molecule is [2H]C([2H])([2H])c1cccc[c]1[Sn]([CH2]CCC)([CH2]CCC)[c]1ccccc1C([2H])([2H])[2H]. The van der Waals surface area contributed by atoms with Gasteiger partial charge in [0.05, 0.1) is 0 Å². The summed E-state index contributed by atoms with van der Waals surface area (Å²) in [6.45, 7) is -0.123. The van der Waals surface area contributed by atoms with Crippen LogP contribution < -0.4 is 7.16 Å². The molecule has 2 rings (SSSR count). The zero-order valence-corrected chi connectivity index (χ0v) is 17.2. The van der Waals surface area contributed by atoms with Gasteiger partial charge in [-0.2, -0.15) is 0 Å². The minimum absolute atomic E-state index is 0.420. The zero-order valence-electron chi connectivity index (χ0n) is 20.4. The molecular formula is C22H32Sn. The molecule has 0 N–H and O–H groups in total. The van der Waals surface area contributed by atoms with Gasteiger partial charge in [-0.05, 0) is 0 Å². The molecular weight excluding hydrogens is 383 g/mol. The predicted octanol–water partition coefficient (Wildman–Crippen LogP) is 5.47. The van der Waals surface area contributed by atoms with Crippen molar-refractivity contribution in [3.8, 4) is 0 Å². The van der Waals surface area contributed by atoms with E-state index in [4.69, 9.17) is 8.22 Å². The van der Waals surface area contributed by atoms with Crippen molar-refractivity contribution in [3.05, 3.63) is 59.7 Å². The molecule has 0 aliphatic heterocycles. The van der Waals surface area contributed by atoms with Gasteiger partial charge in [-0.15, -0.1) is 0 Å². The van der Waals surface area contributed by atoms with Crippen molar-refractivity contribution in [2.45, 2.75) is 62.1 Å². The fourth-order valence-electron chi connectivity index (χ4n) is 3.57. The van der Waals surface area contributed by atoms with Gasteiger partial charge in [0.15, 0.2) is 0 Å². The molecule has 0 amide bonds. The number of unbranched alkanes of at least 4 members (excludes halogenated alkanes) is 2. The van der Waals surface area contributed by atoms with E-state index in [1.54, 1.807) is 24.3 Å². The molecule has 0 aromatic heterocycles. The Morgan fingerprint density at radius 1 is 0.739 bits per heavy atom. The van der Waals surface area contributed by atoms with Crippen LogP contribution in [0.2, 0.25) is 8.87 Å². The van der Waals surface area contributed by atoms with Crippen molar-refractivity contribution < 1.29 is 8.22 Å². The number of aryl methyl sites for hydroxylation is 2. The molecule has 0 saturated carbocycles. The topological polar surface area (TPSA) is 0 Å². The molecule has 124 valence electrons. The van der Waals surface area contributed by atoms with Crippen molar-refractivity contribution in [2.24, 2.45) is 0 Å². The molecule has 0 spiro atoms. The van der Waals surface area contributed by atoms with Gasteiger partial charge in [0, 0.05) is 0 Å². The maximum absolute atomic E-state index is 8.14. The van der Waals surface area contributed by atoms with Crippen LogP contribution >= 0.6 is 0 Å². The van der Waals surface area contributed by atoms with Crippen LogP contribution in [-0.4, -0.2) is 18.4 Å². The van der Waals surface area contributed by atoms with Crippen molar-refractivity contribution in [1.29, 1.82) is 0 Å². The Morgan fingerprint density at radius 3 is 1.57 bits per heavy atom. The molecule has 0 saturated heterocycles. The molecule has 0 unspecified atom stereocenters. The van der Waals surface area contributed by atoms with Gasteiger partial charge in [0.25, 0.3) is 0 Å². The summed E-state index contributed by atoms with van der Waals surface area (Å²) in [7, 11) is 0. The first kappa shape index (κ1) is 11.7. The number of hydrogen-bond acceptors (Lipinski definition) is 0. The fourth-order valence-corrected chi connectivity index (χ4v) is 19.4. The summed E-state index contributed by atoms with van der Waals surface area (Å²) in [5, 5.41) is 0. The van der Waals surface area contributed by atoms with Crippen LogP contribution in [0, 0.1) is 13.7 Å². The summed E-state index contributed by atoms with van der Waals surface area (Å²) in [4.78, 5) is 0. The third-order valence-corrected chi connectivity index (χ3v) is 20.1. The molecule has 2 aromatic rings. The number of benzene rings is 2. The Kier molecular flexibility index (Phi) is 4.55. The molecule has 0 atom stereocenters. The van der Waals surface area contributed by atoms with E-state index in [1.807, 2.05) is 24.3 Å². The number of rotatable bonds is 8. The summed E-state index contributed by atoms with van der Waals surface area (Å²) in [6.07, 6.45) is 4.00. The molecule has 0 aliphatic rings. The van der Waals surface area contributed by atoms with E-state index in [0.29, 0.717) is 11.1 Å². The van der Waals surface area contributed by atoms with E-state index in [0.717, 1.165) is 41.7 Å². The van der Waals surface area contributed by atoms with E-state index >= 15 is 0 Å². The van der Waals surface area contributed by atoms with E-state index < -0.39 is 32.1 Å². The summed E-state index contributed by atoms with van der Waals surface area (Å²) in [5.74, 6) is 0. The van der Waals surface area contributed by atoms with Crippen molar-refractivity contribution in [1.82, 2.24) is 0 Å². The average Bonchev–Trinajstić information content (AvgIpc) is 2.67. The quantitative estimate of drug-likeness (QED) is 0.497. The minimum atomic E-state index is -3.63. The van der Waals surface area contributed by atoms with Crippen LogP contribution in [0.25, 0.3) is 0 Å². The van der Waals surface area contributed by atoms with Crippen LogP contribution in [0.1, 0.15) is 58.9 Å². The van der Waals surface area contributed by atoms with Gasteiger partial charge >= 0.3 is 156 Å². The third-order valence-electron chi connectivity index (χ3n) is 4.80. The van der Waals surface area contributed by atoms with Crippen LogP contribution in [0.3, 0.4) is 0 Å². The van der Waals surface area contributed by atoms with Crippen LogP contribution in [0.4, 0.5) is 0 Å². The molecule has 0 bridgehead atoms. The molecule has 0 heterocycles. The Labute approximate surface area is 155 Å². The molecule has 0 fully saturated rings. The van der Waals surface area contributed by atoms with Gasteiger partial charge in [0.1, 0.15) is 0 Å². The van der Waals surface area contributed by atoms with Crippen LogP contribution in [0.15, 0.2) is 48.5 Å². The first-order valence-electron chi connectivity index (χ1n) is 11.8. The molecule has 23 heavy (non-hydrogen) atoms. The van der Waals surface area contributed by atoms with Gasteiger partial charge in [-0.1, -0.05) is 0 Å². The summed E-state index contributed by atoms with van der Waals surface area (Å²) >= 11 is -3.63. The van der Waals surface area contributed by atoms with E-state index in [2.05, 4.69) is 13.8 Å². The first-order valence-corrected chi connectivity index (χ1v) is 15.7. The Hall–Kier alpha value is -0.761. The average molecular weight is 421 g/mol. The Bertz CT molecular complexity index is 727. The molecule has 0 aliphatic carbocycles. The van der Waals surface area contributed by atoms with Gasteiger partial charge in [-0.3, -0.25) is 0 Å². The van der Waals surface area contributed by atoms with Crippen LogP contribution in [-0.2, 0) is 0 Å². The summed E-state index contributed by atoms with van der Waals surface area (Å²) < 4.78 is 52.6. The van der Waals surface area contributed by atoms with Gasteiger partial charge in [-0.25, -0.2) is 0 Å². The summed E-state index contributed by atoms with van der Waals surface area (Å²) in [5.41, 5.74) is 0.840. The zero-order chi connectivity index (χ0) is 21.7. The maximum atomic E-state index is 8.14. The molecule has 0 radical (unpaired) electrons. The second-order valence-electron chi connectivity index (χ2n) is 6.38. The second-order valence-corrected chi connectivity index (χ2v) is 18.5. The number of hydrogen-bond donors (Lipinski definition) is 0. The van der Waals surface area contributed by atoms with Crippen molar-refractivity contribution >= 4 is 25.5 Å². The standard InChI is InChI=1S/2C7H7.2C4H9.Sn/c2*1-7-5-3-2-4-6-7;2*1-3-4-2;/h2*2-5H,1H3;2*1,3-4H2,2H3;/i2*1D3;;;. The summed E-state index contributed by atoms with van der Waals surface area (Å²) in [6, 6.07) is 14.8. The van der Waals surface area contributed by atoms with Crippen LogP contribution in [0.5, 0.6) is 0 Å². The molecule has 2 aromatic carbocycles. The third kappa shape index (κ3) is 4.20. The van der Waals surface area contributed by atoms with E-state index in [-0.39, 0.29) is 0 Å².